The van der Waals surface area contributed by atoms with Gasteiger partial charge in [0.25, 0.3) is 5.91 Å². The summed E-state index contributed by atoms with van der Waals surface area (Å²) in [7, 11) is 0. The van der Waals surface area contributed by atoms with Crippen molar-refractivity contribution >= 4 is 33.0 Å². The molecule has 4 aliphatic rings. The van der Waals surface area contributed by atoms with Gasteiger partial charge in [0.05, 0.1) is 4.88 Å². The fraction of sp³-hybridized carbons (Fsp3) is 0.423. The standard InChI is InChI=1S/C26H30N4OS/c31-26(28-23-17-29-12-8-19(23)9-13-29)24-16-20-2-1-3-22(25(20)32-24)18-4-6-21(7-5-18)30-14-10-27-11-15-30/h1-7,16,19,23,27H,8-15,17H2,(H,28,31)/t23-/m0/s1. The van der Waals surface area contributed by atoms with Gasteiger partial charge in [0.2, 0.25) is 0 Å². The average molecular weight is 447 g/mol. The summed E-state index contributed by atoms with van der Waals surface area (Å²) in [5, 5.41) is 7.91. The lowest BCUT2D eigenvalue weighted by atomic mass is 9.84. The third-order valence-electron chi connectivity index (χ3n) is 7.40. The summed E-state index contributed by atoms with van der Waals surface area (Å²) >= 11 is 1.62. The van der Waals surface area contributed by atoms with Gasteiger partial charge in [-0.25, -0.2) is 0 Å². The largest absolute Gasteiger partial charge is 0.369 e. The van der Waals surface area contributed by atoms with E-state index in [0.29, 0.717) is 12.0 Å². The maximum Gasteiger partial charge on any atom is 0.261 e. The molecule has 2 bridgehead atoms. The summed E-state index contributed by atoms with van der Waals surface area (Å²) in [4.78, 5) is 18.8. The van der Waals surface area contributed by atoms with Crippen molar-refractivity contribution in [2.24, 2.45) is 5.92 Å². The zero-order valence-corrected chi connectivity index (χ0v) is 19.2. The van der Waals surface area contributed by atoms with Gasteiger partial charge in [-0.15, -0.1) is 11.3 Å². The van der Waals surface area contributed by atoms with E-state index in [1.807, 2.05) is 0 Å². The molecule has 1 atom stereocenters. The monoisotopic (exact) mass is 446 g/mol. The fourth-order valence-corrected chi connectivity index (χ4v) is 6.64. The minimum absolute atomic E-state index is 0.0879. The van der Waals surface area contributed by atoms with E-state index in [-0.39, 0.29) is 5.91 Å². The minimum atomic E-state index is 0.0879. The Morgan fingerprint density at radius 1 is 1.00 bits per heavy atom. The number of fused-ring (bicyclic) bond motifs is 4. The van der Waals surface area contributed by atoms with Crippen LogP contribution in [-0.4, -0.2) is 62.7 Å². The summed E-state index contributed by atoms with van der Waals surface area (Å²) in [5.74, 6) is 0.730. The Morgan fingerprint density at radius 2 is 1.78 bits per heavy atom. The summed E-state index contributed by atoms with van der Waals surface area (Å²) in [6, 6.07) is 17.7. The number of piperazine rings is 1. The molecule has 4 fully saturated rings. The van der Waals surface area contributed by atoms with Crippen molar-refractivity contribution in [3.8, 4) is 11.1 Å². The smallest absolute Gasteiger partial charge is 0.261 e. The van der Waals surface area contributed by atoms with Crippen LogP contribution in [0.4, 0.5) is 5.69 Å². The molecule has 5 nitrogen and oxygen atoms in total. The number of benzene rings is 2. The molecule has 0 aliphatic carbocycles. The predicted molar refractivity (Wildman–Crippen MR) is 133 cm³/mol. The van der Waals surface area contributed by atoms with E-state index in [2.05, 4.69) is 69.0 Å². The molecular weight excluding hydrogens is 416 g/mol. The van der Waals surface area contributed by atoms with Gasteiger partial charge in [-0.1, -0.05) is 30.3 Å². The molecule has 2 aromatic carbocycles. The molecule has 0 unspecified atom stereocenters. The Hall–Kier alpha value is -2.41. The van der Waals surface area contributed by atoms with E-state index < -0.39 is 0 Å². The third-order valence-corrected chi connectivity index (χ3v) is 8.58. The Balaban J connectivity index is 1.24. The highest BCUT2D eigenvalue weighted by Crippen LogP contribution is 2.36. The van der Waals surface area contributed by atoms with Crippen LogP contribution in [0.1, 0.15) is 22.5 Å². The molecule has 4 aliphatic heterocycles. The molecule has 4 saturated heterocycles. The lowest BCUT2D eigenvalue weighted by Gasteiger charge is -2.44. The number of hydrogen-bond donors (Lipinski definition) is 2. The van der Waals surface area contributed by atoms with Crippen LogP contribution in [0.3, 0.4) is 0 Å². The van der Waals surface area contributed by atoms with E-state index in [1.165, 1.54) is 47.4 Å². The summed E-state index contributed by atoms with van der Waals surface area (Å²) in [5.41, 5.74) is 3.70. The molecule has 7 rings (SSSR count). The van der Waals surface area contributed by atoms with Gasteiger partial charge in [0.1, 0.15) is 0 Å². The number of nitrogens with zero attached hydrogens (tertiary/aromatic N) is 2. The highest BCUT2D eigenvalue weighted by molar-refractivity contribution is 7.21. The van der Waals surface area contributed by atoms with Gasteiger partial charge in [-0.2, -0.15) is 0 Å². The van der Waals surface area contributed by atoms with Crippen LogP contribution in [0, 0.1) is 5.92 Å². The first kappa shape index (κ1) is 20.2. The maximum atomic E-state index is 13.1. The Kier molecular flexibility index (Phi) is 5.37. The van der Waals surface area contributed by atoms with Gasteiger partial charge in [0.15, 0.2) is 0 Å². The third kappa shape index (κ3) is 3.81. The molecule has 1 aromatic heterocycles. The first-order valence-corrected chi connectivity index (χ1v) is 12.7. The molecule has 0 saturated carbocycles. The zero-order valence-electron chi connectivity index (χ0n) is 18.3. The molecule has 32 heavy (non-hydrogen) atoms. The van der Waals surface area contributed by atoms with E-state index in [0.717, 1.165) is 43.0 Å². The second-order valence-corrected chi connectivity index (χ2v) is 10.4. The van der Waals surface area contributed by atoms with Crippen molar-refractivity contribution in [3.05, 3.63) is 53.4 Å². The predicted octanol–water partition coefficient (Wildman–Crippen LogP) is 3.80. The molecule has 3 aromatic rings. The molecule has 166 valence electrons. The van der Waals surface area contributed by atoms with Crippen LogP contribution in [0.25, 0.3) is 21.2 Å². The van der Waals surface area contributed by atoms with E-state index in [4.69, 9.17) is 0 Å². The summed E-state index contributed by atoms with van der Waals surface area (Å²) in [6.07, 6.45) is 2.43. The van der Waals surface area contributed by atoms with Crippen LogP contribution in [0.2, 0.25) is 0 Å². The molecule has 5 heterocycles. The molecule has 2 N–H and O–H groups in total. The van der Waals surface area contributed by atoms with Gasteiger partial charge in [-0.3, -0.25) is 4.79 Å². The molecule has 6 heteroatoms. The first-order valence-electron chi connectivity index (χ1n) is 11.9. The highest BCUT2D eigenvalue weighted by Gasteiger charge is 2.35. The van der Waals surface area contributed by atoms with Crippen molar-refractivity contribution in [2.75, 3.05) is 50.7 Å². The quantitative estimate of drug-likeness (QED) is 0.640. The lowest BCUT2D eigenvalue weighted by molar-refractivity contribution is 0.0622. The number of carbonyl (C=O) groups is 1. The first-order chi connectivity index (χ1) is 15.7. The second kappa shape index (κ2) is 8.50. The number of hydrogen-bond acceptors (Lipinski definition) is 5. The SMILES string of the molecule is O=C(N[C@H]1CN2CCC1CC2)c1cc2cccc(-c3ccc(N4CCNCC4)cc3)c2s1. The zero-order chi connectivity index (χ0) is 21.5. The fourth-order valence-electron chi connectivity index (χ4n) is 5.55. The Bertz CT molecular complexity index is 1110. The topological polar surface area (TPSA) is 47.6 Å². The van der Waals surface area contributed by atoms with Crippen molar-refractivity contribution in [1.82, 2.24) is 15.5 Å². The van der Waals surface area contributed by atoms with Gasteiger partial charge >= 0.3 is 0 Å². The van der Waals surface area contributed by atoms with Gasteiger partial charge < -0.3 is 20.4 Å². The van der Waals surface area contributed by atoms with E-state index in [9.17, 15) is 4.79 Å². The minimum Gasteiger partial charge on any atom is -0.369 e. The number of thiophene rings is 1. The van der Waals surface area contributed by atoms with Crippen LogP contribution >= 0.6 is 11.3 Å². The van der Waals surface area contributed by atoms with Crippen LogP contribution in [0.15, 0.2) is 48.5 Å². The van der Waals surface area contributed by atoms with E-state index >= 15 is 0 Å². The second-order valence-electron chi connectivity index (χ2n) is 9.34. The van der Waals surface area contributed by atoms with Crippen molar-refractivity contribution in [1.29, 1.82) is 0 Å². The van der Waals surface area contributed by atoms with Crippen molar-refractivity contribution in [2.45, 2.75) is 18.9 Å². The Morgan fingerprint density at radius 3 is 2.50 bits per heavy atom. The molecule has 1 amide bonds. The van der Waals surface area contributed by atoms with Crippen molar-refractivity contribution < 1.29 is 4.79 Å². The number of anilines is 1. The number of amides is 1. The van der Waals surface area contributed by atoms with Crippen LogP contribution in [0.5, 0.6) is 0 Å². The number of carbonyl (C=O) groups excluding carboxylic acids is 1. The number of nitrogens with one attached hydrogen (secondary N) is 2. The lowest BCUT2D eigenvalue weighted by Crippen LogP contribution is -2.57. The Labute approximate surface area is 193 Å². The molecule has 0 radical (unpaired) electrons. The summed E-state index contributed by atoms with van der Waals surface area (Å²) < 4.78 is 1.20. The number of rotatable bonds is 4. The van der Waals surface area contributed by atoms with Gasteiger partial charge in [-0.05, 0) is 66.6 Å². The molecular formula is C26H30N4OS. The highest BCUT2D eigenvalue weighted by atomic mass is 32.1. The average Bonchev–Trinajstić information content (AvgIpc) is 3.30. The maximum absolute atomic E-state index is 13.1. The van der Waals surface area contributed by atoms with E-state index in [1.54, 1.807) is 11.3 Å². The van der Waals surface area contributed by atoms with Crippen molar-refractivity contribution in [3.63, 3.8) is 0 Å². The van der Waals surface area contributed by atoms with Crippen LogP contribution in [-0.2, 0) is 0 Å². The molecule has 0 spiro atoms. The summed E-state index contributed by atoms with van der Waals surface area (Å²) in [6.45, 7) is 7.58. The normalized spacial score (nSPS) is 25.2. The number of piperidine rings is 3. The van der Waals surface area contributed by atoms with Gasteiger partial charge in [0, 0.05) is 49.2 Å². The van der Waals surface area contributed by atoms with Crippen LogP contribution < -0.4 is 15.5 Å².